The van der Waals surface area contributed by atoms with Crippen molar-refractivity contribution < 1.29 is 4.74 Å². The summed E-state index contributed by atoms with van der Waals surface area (Å²) in [6.45, 7) is 1.98. The molecule has 0 spiro atoms. The average Bonchev–Trinajstić information content (AvgIpc) is 2.38. The molecule has 1 nitrogen and oxygen atoms in total. The molecule has 2 rings (SSSR count). The fourth-order valence-corrected chi connectivity index (χ4v) is 1.50. The summed E-state index contributed by atoms with van der Waals surface area (Å²) >= 11 is 0. The fourth-order valence-electron chi connectivity index (χ4n) is 1.50. The lowest BCUT2D eigenvalue weighted by atomic mass is 10.2. The maximum absolute atomic E-state index is 5.81. The van der Waals surface area contributed by atoms with Crippen molar-refractivity contribution in [3.8, 4) is 5.75 Å². The van der Waals surface area contributed by atoms with Gasteiger partial charge in [-0.25, -0.2) is 0 Å². The van der Waals surface area contributed by atoms with Crippen LogP contribution in [0.3, 0.4) is 0 Å². The van der Waals surface area contributed by atoms with Gasteiger partial charge in [-0.2, -0.15) is 0 Å². The van der Waals surface area contributed by atoms with Gasteiger partial charge in [0.05, 0.1) is 0 Å². The van der Waals surface area contributed by atoms with Crippen LogP contribution in [0.1, 0.15) is 12.5 Å². The standard InChI is InChI=1S/C15H14O/c1-2-15(13-9-5-3-6-10-13)16-14-11-7-4-8-12-14/h2-12H,1H3/b15-2-. The van der Waals surface area contributed by atoms with Crippen molar-refractivity contribution in [2.45, 2.75) is 6.92 Å². The van der Waals surface area contributed by atoms with Gasteiger partial charge in [-0.1, -0.05) is 48.5 Å². The van der Waals surface area contributed by atoms with Crippen LogP contribution in [0.2, 0.25) is 0 Å². The molecular formula is C15H14O. The number of hydrogen-bond acceptors (Lipinski definition) is 1. The fraction of sp³-hybridized carbons (Fsp3) is 0.0667. The molecule has 0 saturated carbocycles. The van der Waals surface area contributed by atoms with E-state index in [0.717, 1.165) is 17.1 Å². The SMILES string of the molecule is C/C=C(\Oc1ccccc1)c1ccccc1. The van der Waals surface area contributed by atoms with Crippen molar-refractivity contribution in [3.05, 3.63) is 72.3 Å². The zero-order chi connectivity index (χ0) is 11.2. The topological polar surface area (TPSA) is 9.23 Å². The molecule has 0 aliphatic heterocycles. The Morgan fingerprint density at radius 1 is 0.875 bits per heavy atom. The van der Waals surface area contributed by atoms with Gasteiger partial charge < -0.3 is 4.74 Å². The molecule has 0 fully saturated rings. The van der Waals surface area contributed by atoms with E-state index in [4.69, 9.17) is 4.74 Å². The highest BCUT2D eigenvalue weighted by molar-refractivity contribution is 5.61. The third-order valence-electron chi connectivity index (χ3n) is 2.29. The summed E-state index contributed by atoms with van der Waals surface area (Å²) in [5.74, 6) is 1.74. The minimum Gasteiger partial charge on any atom is -0.457 e. The Hall–Kier alpha value is -2.02. The monoisotopic (exact) mass is 210 g/mol. The molecule has 16 heavy (non-hydrogen) atoms. The molecule has 0 heterocycles. The molecule has 0 aliphatic carbocycles. The highest BCUT2D eigenvalue weighted by atomic mass is 16.5. The third kappa shape index (κ3) is 2.51. The van der Waals surface area contributed by atoms with E-state index in [1.807, 2.05) is 73.7 Å². The zero-order valence-electron chi connectivity index (χ0n) is 9.26. The summed E-state index contributed by atoms with van der Waals surface area (Å²) in [6.07, 6.45) is 1.97. The zero-order valence-corrected chi connectivity index (χ0v) is 9.26. The second-order valence-electron chi connectivity index (χ2n) is 3.43. The molecule has 0 N–H and O–H groups in total. The van der Waals surface area contributed by atoms with E-state index >= 15 is 0 Å². The van der Waals surface area contributed by atoms with E-state index < -0.39 is 0 Å². The first-order valence-electron chi connectivity index (χ1n) is 5.35. The van der Waals surface area contributed by atoms with E-state index in [0.29, 0.717) is 0 Å². The van der Waals surface area contributed by atoms with E-state index in [-0.39, 0.29) is 0 Å². The number of benzene rings is 2. The summed E-state index contributed by atoms with van der Waals surface area (Å²) in [4.78, 5) is 0. The Labute approximate surface area is 96.0 Å². The van der Waals surface area contributed by atoms with Gasteiger partial charge in [-0.15, -0.1) is 0 Å². The Balaban J connectivity index is 2.20. The lowest BCUT2D eigenvalue weighted by Crippen LogP contribution is -1.93. The summed E-state index contributed by atoms with van der Waals surface area (Å²) in [7, 11) is 0. The molecule has 0 saturated heterocycles. The van der Waals surface area contributed by atoms with E-state index in [9.17, 15) is 0 Å². The molecular weight excluding hydrogens is 196 g/mol. The number of hydrogen-bond donors (Lipinski definition) is 0. The molecule has 2 aromatic rings. The number of para-hydroxylation sites is 1. The van der Waals surface area contributed by atoms with E-state index in [2.05, 4.69) is 0 Å². The van der Waals surface area contributed by atoms with Gasteiger partial charge >= 0.3 is 0 Å². The second kappa shape index (κ2) is 5.17. The Bertz CT molecular complexity index is 457. The van der Waals surface area contributed by atoms with Gasteiger partial charge in [-0.05, 0) is 25.1 Å². The smallest absolute Gasteiger partial charge is 0.130 e. The number of allylic oxidation sites excluding steroid dienone is 1. The van der Waals surface area contributed by atoms with Crippen molar-refractivity contribution in [1.29, 1.82) is 0 Å². The summed E-state index contributed by atoms with van der Waals surface area (Å²) in [5, 5.41) is 0. The van der Waals surface area contributed by atoms with Gasteiger partial charge in [0, 0.05) is 5.56 Å². The van der Waals surface area contributed by atoms with Crippen molar-refractivity contribution in [2.24, 2.45) is 0 Å². The van der Waals surface area contributed by atoms with Crippen molar-refractivity contribution in [2.75, 3.05) is 0 Å². The Morgan fingerprint density at radius 3 is 2.00 bits per heavy atom. The Morgan fingerprint density at radius 2 is 1.44 bits per heavy atom. The lowest BCUT2D eigenvalue weighted by Gasteiger charge is -2.09. The van der Waals surface area contributed by atoms with Crippen molar-refractivity contribution >= 4 is 5.76 Å². The molecule has 0 unspecified atom stereocenters. The van der Waals surface area contributed by atoms with Crippen LogP contribution >= 0.6 is 0 Å². The second-order valence-corrected chi connectivity index (χ2v) is 3.43. The largest absolute Gasteiger partial charge is 0.457 e. The number of rotatable bonds is 3. The van der Waals surface area contributed by atoms with Gasteiger partial charge in [0.15, 0.2) is 0 Å². The van der Waals surface area contributed by atoms with Crippen LogP contribution < -0.4 is 4.74 Å². The van der Waals surface area contributed by atoms with Crippen molar-refractivity contribution in [1.82, 2.24) is 0 Å². The summed E-state index contributed by atoms with van der Waals surface area (Å²) in [6, 6.07) is 19.9. The quantitative estimate of drug-likeness (QED) is 0.692. The highest BCUT2D eigenvalue weighted by Crippen LogP contribution is 2.20. The predicted molar refractivity (Wildman–Crippen MR) is 67.2 cm³/mol. The average molecular weight is 210 g/mol. The first-order chi connectivity index (χ1) is 7.90. The molecule has 80 valence electrons. The summed E-state index contributed by atoms with van der Waals surface area (Å²) in [5.41, 5.74) is 1.09. The predicted octanol–water partition coefficient (Wildman–Crippen LogP) is 4.13. The van der Waals surface area contributed by atoms with Crippen LogP contribution in [0.25, 0.3) is 5.76 Å². The van der Waals surface area contributed by atoms with E-state index in [1.165, 1.54) is 0 Å². The van der Waals surface area contributed by atoms with Gasteiger partial charge in [0.25, 0.3) is 0 Å². The first-order valence-corrected chi connectivity index (χ1v) is 5.35. The Kier molecular flexibility index (Phi) is 3.39. The molecule has 0 aliphatic rings. The first kappa shape index (κ1) is 10.5. The minimum absolute atomic E-state index is 0.861. The number of ether oxygens (including phenoxy) is 1. The maximum Gasteiger partial charge on any atom is 0.130 e. The normalized spacial score (nSPS) is 11.2. The molecule has 0 radical (unpaired) electrons. The van der Waals surface area contributed by atoms with Crippen LogP contribution in [0.4, 0.5) is 0 Å². The molecule has 0 amide bonds. The molecule has 0 aromatic heterocycles. The third-order valence-corrected chi connectivity index (χ3v) is 2.29. The molecule has 0 atom stereocenters. The van der Waals surface area contributed by atoms with Crippen LogP contribution in [-0.2, 0) is 0 Å². The molecule has 2 aromatic carbocycles. The molecule has 1 heteroatoms. The lowest BCUT2D eigenvalue weighted by molar-refractivity contribution is 0.514. The molecule has 0 bridgehead atoms. The van der Waals surface area contributed by atoms with Gasteiger partial charge in [0.2, 0.25) is 0 Å². The minimum atomic E-state index is 0.861. The van der Waals surface area contributed by atoms with Crippen LogP contribution in [-0.4, -0.2) is 0 Å². The van der Waals surface area contributed by atoms with Crippen molar-refractivity contribution in [3.63, 3.8) is 0 Å². The highest BCUT2D eigenvalue weighted by Gasteiger charge is 2.01. The van der Waals surface area contributed by atoms with Gasteiger partial charge in [-0.3, -0.25) is 0 Å². The van der Waals surface area contributed by atoms with E-state index in [1.54, 1.807) is 0 Å². The van der Waals surface area contributed by atoms with Crippen LogP contribution in [0, 0.1) is 0 Å². The maximum atomic E-state index is 5.81. The van der Waals surface area contributed by atoms with Crippen LogP contribution in [0.5, 0.6) is 5.75 Å². The summed E-state index contributed by atoms with van der Waals surface area (Å²) < 4.78 is 5.81. The van der Waals surface area contributed by atoms with Crippen LogP contribution in [0.15, 0.2) is 66.7 Å². The van der Waals surface area contributed by atoms with Gasteiger partial charge in [0.1, 0.15) is 11.5 Å².